The molecule has 0 aliphatic heterocycles. The molecule has 0 radical (unpaired) electrons. The number of hydrogen-bond donors (Lipinski definition) is 1. The fraction of sp³-hybridized carbons (Fsp3) is 0.0870. The topological polar surface area (TPSA) is 64.0 Å². The molecule has 8 heteroatoms. The number of benzene rings is 3. The second-order valence-corrected chi connectivity index (χ2v) is 6.90. The van der Waals surface area contributed by atoms with Crippen molar-refractivity contribution in [3.63, 3.8) is 0 Å². The molecule has 1 N–H and O–H groups in total. The number of rotatable bonds is 3. The van der Waals surface area contributed by atoms with E-state index in [-0.39, 0.29) is 11.1 Å². The first kappa shape index (κ1) is 20.3. The molecule has 1 heterocycles. The van der Waals surface area contributed by atoms with Crippen molar-refractivity contribution in [2.24, 2.45) is 0 Å². The minimum absolute atomic E-state index is 0.107. The lowest BCUT2D eigenvalue weighted by atomic mass is 10.1. The van der Waals surface area contributed by atoms with Crippen molar-refractivity contribution < 1.29 is 18.0 Å². The number of halogens is 3. The van der Waals surface area contributed by atoms with Crippen LogP contribution in [0.2, 0.25) is 0 Å². The predicted molar refractivity (Wildman–Crippen MR) is 111 cm³/mol. The van der Waals surface area contributed by atoms with Crippen LogP contribution in [-0.2, 0) is 6.18 Å². The summed E-state index contributed by atoms with van der Waals surface area (Å²) in [6.07, 6.45) is -4.53. The Bertz CT molecular complexity index is 1340. The lowest BCUT2D eigenvalue weighted by Crippen LogP contribution is -2.22. The van der Waals surface area contributed by atoms with Gasteiger partial charge in [0.15, 0.2) is 0 Å². The van der Waals surface area contributed by atoms with Gasteiger partial charge in [-0.1, -0.05) is 18.2 Å². The number of aromatic nitrogens is 2. The van der Waals surface area contributed by atoms with E-state index < -0.39 is 17.6 Å². The van der Waals surface area contributed by atoms with Crippen LogP contribution in [0, 0.1) is 6.92 Å². The number of amides is 1. The number of aryl methyl sites for hydroxylation is 1. The zero-order chi connectivity index (χ0) is 22.2. The highest BCUT2D eigenvalue weighted by molar-refractivity contribution is 6.04. The number of alkyl halides is 3. The van der Waals surface area contributed by atoms with Crippen molar-refractivity contribution >= 4 is 22.5 Å². The summed E-state index contributed by atoms with van der Waals surface area (Å²) in [5.41, 5.74) is 0.317. The Hall–Kier alpha value is -3.94. The molecule has 1 aromatic heterocycles. The molecule has 0 aliphatic rings. The molecule has 4 rings (SSSR count). The molecule has 0 saturated heterocycles. The van der Waals surface area contributed by atoms with Gasteiger partial charge in [-0.2, -0.15) is 13.2 Å². The third-order valence-corrected chi connectivity index (χ3v) is 4.78. The quantitative estimate of drug-likeness (QED) is 0.506. The van der Waals surface area contributed by atoms with Gasteiger partial charge in [-0.05, 0) is 61.5 Å². The molecule has 0 spiro atoms. The van der Waals surface area contributed by atoms with Crippen LogP contribution in [0.25, 0.3) is 16.6 Å². The maximum Gasteiger partial charge on any atom is 0.416 e. The van der Waals surface area contributed by atoms with Gasteiger partial charge in [0.2, 0.25) is 0 Å². The van der Waals surface area contributed by atoms with E-state index in [1.54, 1.807) is 55.5 Å². The fourth-order valence-corrected chi connectivity index (χ4v) is 3.28. The highest BCUT2D eigenvalue weighted by atomic mass is 19.4. The lowest BCUT2D eigenvalue weighted by Gasteiger charge is -2.12. The summed E-state index contributed by atoms with van der Waals surface area (Å²) in [4.78, 5) is 29.7. The SMILES string of the molecule is Cc1nc2ccccc2c(=O)n1-c1ccc(NC(=O)c2cccc(C(F)(F)F)c2)cc1. The Morgan fingerprint density at radius 1 is 0.968 bits per heavy atom. The number of para-hydroxylation sites is 1. The van der Waals surface area contributed by atoms with Crippen molar-refractivity contribution in [2.75, 3.05) is 5.32 Å². The smallest absolute Gasteiger partial charge is 0.322 e. The van der Waals surface area contributed by atoms with Crippen LogP contribution in [-0.4, -0.2) is 15.5 Å². The second kappa shape index (κ2) is 7.71. The first-order valence-electron chi connectivity index (χ1n) is 9.31. The molecule has 0 unspecified atom stereocenters. The Morgan fingerprint density at radius 2 is 1.68 bits per heavy atom. The molecule has 0 saturated carbocycles. The molecule has 0 aliphatic carbocycles. The predicted octanol–water partition coefficient (Wildman–Crippen LogP) is 4.97. The normalized spacial score (nSPS) is 11.5. The minimum atomic E-state index is -4.53. The molecular formula is C23H16F3N3O2. The van der Waals surface area contributed by atoms with Gasteiger partial charge in [-0.25, -0.2) is 4.98 Å². The van der Waals surface area contributed by atoms with Crippen LogP contribution in [0.4, 0.5) is 18.9 Å². The van der Waals surface area contributed by atoms with Gasteiger partial charge < -0.3 is 5.32 Å². The van der Waals surface area contributed by atoms with Crippen LogP contribution >= 0.6 is 0 Å². The van der Waals surface area contributed by atoms with Gasteiger partial charge in [0, 0.05) is 11.3 Å². The highest BCUT2D eigenvalue weighted by Gasteiger charge is 2.30. The van der Waals surface area contributed by atoms with Gasteiger partial charge in [0.1, 0.15) is 5.82 Å². The van der Waals surface area contributed by atoms with E-state index in [0.717, 1.165) is 12.1 Å². The molecule has 0 bridgehead atoms. The van der Waals surface area contributed by atoms with E-state index in [0.29, 0.717) is 28.1 Å². The Morgan fingerprint density at radius 3 is 2.39 bits per heavy atom. The van der Waals surface area contributed by atoms with Gasteiger partial charge >= 0.3 is 6.18 Å². The maximum atomic E-state index is 12.9. The second-order valence-electron chi connectivity index (χ2n) is 6.90. The lowest BCUT2D eigenvalue weighted by molar-refractivity contribution is -0.137. The molecule has 156 valence electrons. The van der Waals surface area contributed by atoms with Crippen LogP contribution in [0.1, 0.15) is 21.7 Å². The molecule has 0 atom stereocenters. The molecule has 1 amide bonds. The first-order chi connectivity index (χ1) is 14.7. The summed E-state index contributed by atoms with van der Waals surface area (Å²) < 4.78 is 40.0. The number of nitrogens with one attached hydrogen (secondary N) is 1. The van der Waals surface area contributed by atoms with E-state index in [1.165, 1.54) is 16.7 Å². The Kier molecular flexibility index (Phi) is 5.06. The number of anilines is 1. The molecule has 31 heavy (non-hydrogen) atoms. The average molecular weight is 423 g/mol. The Labute approximate surface area is 174 Å². The third-order valence-electron chi connectivity index (χ3n) is 4.78. The summed E-state index contributed by atoms with van der Waals surface area (Å²) in [5, 5.41) is 3.05. The highest BCUT2D eigenvalue weighted by Crippen LogP contribution is 2.29. The van der Waals surface area contributed by atoms with Crippen LogP contribution in [0.15, 0.2) is 77.6 Å². The first-order valence-corrected chi connectivity index (χ1v) is 9.31. The van der Waals surface area contributed by atoms with Gasteiger partial charge in [-0.3, -0.25) is 14.2 Å². The van der Waals surface area contributed by atoms with Crippen molar-refractivity contribution in [2.45, 2.75) is 13.1 Å². The van der Waals surface area contributed by atoms with E-state index >= 15 is 0 Å². The molecule has 0 fully saturated rings. The summed E-state index contributed by atoms with van der Waals surface area (Å²) >= 11 is 0. The van der Waals surface area contributed by atoms with Gasteiger partial charge in [0.05, 0.1) is 22.2 Å². The summed E-state index contributed by atoms with van der Waals surface area (Å²) in [7, 11) is 0. The number of fused-ring (bicyclic) bond motifs is 1. The minimum Gasteiger partial charge on any atom is -0.322 e. The Balaban J connectivity index is 1.61. The maximum absolute atomic E-state index is 12.9. The van der Waals surface area contributed by atoms with Gasteiger partial charge in [-0.15, -0.1) is 0 Å². The van der Waals surface area contributed by atoms with Crippen LogP contribution in [0.3, 0.4) is 0 Å². The monoisotopic (exact) mass is 423 g/mol. The van der Waals surface area contributed by atoms with Crippen LogP contribution < -0.4 is 10.9 Å². The largest absolute Gasteiger partial charge is 0.416 e. The third kappa shape index (κ3) is 4.05. The molecule has 4 aromatic rings. The molecular weight excluding hydrogens is 407 g/mol. The van der Waals surface area contributed by atoms with Crippen molar-refractivity contribution in [3.05, 3.63) is 100 Å². The molecule has 5 nitrogen and oxygen atoms in total. The average Bonchev–Trinajstić information content (AvgIpc) is 2.74. The standard InChI is InChI=1S/C23H16F3N3O2/c1-14-27-20-8-3-2-7-19(20)22(31)29(14)18-11-9-17(10-12-18)28-21(30)15-5-4-6-16(13-15)23(24,25)26/h2-13H,1H3,(H,28,30). The summed E-state index contributed by atoms with van der Waals surface area (Å²) in [5.74, 6) is -0.163. The molecule has 3 aromatic carbocycles. The number of carbonyl (C=O) groups excluding carboxylic acids is 1. The van der Waals surface area contributed by atoms with E-state index in [2.05, 4.69) is 10.3 Å². The van der Waals surface area contributed by atoms with Crippen molar-refractivity contribution in [1.29, 1.82) is 0 Å². The number of nitrogens with zero attached hydrogens (tertiary/aromatic N) is 2. The summed E-state index contributed by atoms with van der Waals surface area (Å²) in [6, 6.07) is 17.6. The zero-order valence-corrected chi connectivity index (χ0v) is 16.3. The van der Waals surface area contributed by atoms with Crippen molar-refractivity contribution in [1.82, 2.24) is 9.55 Å². The van der Waals surface area contributed by atoms with Crippen molar-refractivity contribution in [3.8, 4) is 5.69 Å². The number of carbonyl (C=O) groups is 1. The van der Waals surface area contributed by atoms with Gasteiger partial charge in [0.25, 0.3) is 11.5 Å². The summed E-state index contributed by atoms with van der Waals surface area (Å²) in [6.45, 7) is 1.72. The fourth-order valence-electron chi connectivity index (χ4n) is 3.28. The zero-order valence-electron chi connectivity index (χ0n) is 16.3. The van der Waals surface area contributed by atoms with E-state index in [9.17, 15) is 22.8 Å². The number of hydrogen-bond acceptors (Lipinski definition) is 3. The van der Waals surface area contributed by atoms with Crippen LogP contribution in [0.5, 0.6) is 0 Å². The van der Waals surface area contributed by atoms with E-state index in [4.69, 9.17) is 0 Å². The van der Waals surface area contributed by atoms with E-state index in [1.807, 2.05) is 0 Å².